The Morgan fingerprint density at radius 2 is 2.00 bits per heavy atom. The van der Waals surface area contributed by atoms with E-state index in [4.69, 9.17) is 5.73 Å². The smallest absolute Gasteiger partial charge is 0.404 e. The maximum Gasteiger partial charge on any atom is 0.404 e. The van der Waals surface area contributed by atoms with Gasteiger partial charge in [-0.15, -0.1) is 0 Å². The van der Waals surface area contributed by atoms with Crippen molar-refractivity contribution in [2.75, 3.05) is 6.61 Å². The van der Waals surface area contributed by atoms with Crippen molar-refractivity contribution in [3.63, 3.8) is 0 Å². The topological polar surface area (TPSA) is 52.3 Å². The van der Waals surface area contributed by atoms with Gasteiger partial charge in [0.05, 0.1) is 12.5 Å². The second-order valence-corrected chi connectivity index (χ2v) is 2.61. The van der Waals surface area contributed by atoms with Gasteiger partial charge < -0.3 is 10.5 Å². The molecule has 0 amide bonds. The summed E-state index contributed by atoms with van der Waals surface area (Å²) in [5, 5.41) is 0. The van der Waals surface area contributed by atoms with Crippen LogP contribution < -0.4 is 5.73 Å². The highest BCUT2D eigenvalue weighted by atomic mass is 19.4. The van der Waals surface area contributed by atoms with Gasteiger partial charge in [0.1, 0.15) is 6.04 Å². The highest BCUT2D eigenvalue weighted by Gasteiger charge is 2.43. The van der Waals surface area contributed by atoms with Crippen LogP contribution >= 0.6 is 0 Å². The summed E-state index contributed by atoms with van der Waals surface area (Å²) in [6.45, 7) is 2.66. The molecule has 13 heavy (non-hydrogen) atoms. The van der Waals surface area contributed by atoms with Gasteiger partial charge in [0.25, 0.3) is 0 Å². The number of carbonyl (C=O) groups excluding carboxylic acids is 1. The summed E-state index contributed by atoms with van der Waals surface area (Å²) in [5.74, 6) is -2.28. The number of esters is 1. The number of hydrogen-bond donors (Lipinski definition) is 1. The second-order valence-electron chi connectivity index (χ2n) is 2.61. The van der Waals surface area contributed by atoms with Crippen molar-refractivity contribution in [3.8, 4) is 0 Å². The number of nitrogens with two attached hydrogens (primary N) is 1. The molecule has 0 aromatic rings. The van der Waals surface area contributed by atoms with Crippen LogP contribution in [0.4, 0.5) is 13.2 Å². The molecule has 0 heterocycles. The minimum atomic E-state index is -4.56. The Kier molecular flexibility index (Phi) is 4.19. The van der Waals surface area contributed by atoms with Crippen LogP contribution in [0.2, 0.25) is 0 Å². The molecule has 0 rings (SSSR count). The molecule has 0 spiro atoms. The van der Waals surface area contributed by atoms with E-state index in [1.165, 1.54) is 6.92 Å². The van der Waals surface area contributed by atoms with Crippen molar-refractivity contribution < 1.29 is 22.7 Å². The third-order valence-electron chi connectivity index (χ3n) is 1.58. The third-order valence-corrected chi connectivity index (χ3v) is 1.58. The molecule has 3 nitrogen and oxygen atoms in total. The van der Waals surface area contributed by atoms with Gasteiger partial charge in [-0.2, -0.15) is 13.2 Å². The van der Waals surface area contributed by atoms with Gasteiger partial charge in [0, 0.05) is 0 Å². The van der Waals surface area contributed by atoms with E-state index in [-0.39, 0.29) is 6.61 Å². The fourth-order valence-corrected chi connectivity index (χ4v) is 0.704. The Hall–Kier alpha value is -0.780. The maximum atomic E-state index is 12.0. The fourth-order valence-electron chi connectivity index (χ4n) is 0.704. The van der Waals surface area contributed by atoms with Crippen molar-refractivity contribution in [1.82, 2.24) is 0 Å². The van der Waals surface area contributed by atoms with Crippen LogP contribution in [0.15, 0.2) is 0 Å². The molecule has 2 atom stereocenters. The molecule has 0 saturated carbocycles. The van der Waals surface area contributed by atoms with E-state index >= 15 is 0 Å². The van der Waals surface area contributed by atoms with Crippen LogP contribution in [0.3, 0.4) is 0 Å². The van der Waals surface area contributed by atoms with Crippen LogP contribution in [-0.4, -0.2) is 24.8 Å². The summed E-state index contributed by atoms with van der Waals surface area (Å²) >= 11 is 0. The first-order chi connectivity index (χ1) is 5.80. The number of halogens is 3. The molecule has 0 aliphatic heterocycles. The normalized spacial score (nSPS) is 16.5. The van der Waals surface area contributed by atoms with Crippen molar-refractivity contribution >= 4 is 5.97 Å². The zero-order valence-electron chi connectivity index (χ0n) is 7.39. The molecule has 0 aliphatic carbocycles. The maximum absolute atomic E-state index is 12.0. The lowest BCUT2D eigenvalue weighted by Crippen LogP contribution is -2.46. The van der Waals surface area contributed by atoms with Gasteiger partial charge in [-0.05, 0) is 6.92 Å². The van der Waals surface area contributed by atoms with Crippen LogP contribution in [0.25, 0.3) is 0 Å². The molecule has 0 radical (unpaired) electrons. The van der Waals surface area contributed by atoms with Gasteiger partial charge in [-0.3, -0.25) is 4.79 Å². The summed E-state index contributed by atoms with van der Waals surface area (Å²) in [6.07, 6.45) is -4.56. The molecule has 0 aliphatic rings. The highest BCUT2D eigenvalue weighted by Crippen LogP contribution is 2.24. The summed E-state index contributed by atoms with van der Waals surface area (Å²) in [4.78, 5) is 10.8. The standard InChI is InChI=1S/C7H12F3NO2/c1-3-13-6(12)4(2)5(11)7(8,9)10/h4-5H,3,11H2,1-2H3/t4-,5-/m0/s1. The van der Waals surface area contributed by atoms with Crippen LogP contribution in [-0.2, 0) is 9.53 Å². The van der Waals surface area contributed by atoms with E-state index in [1.54, 1.807) is 0 Å². The minimum Gasteiger partial charge on any atom is -0.466 e. The minimum absolute atomic E-state index is 0.0494. The summed E-state index contributed by atoms with van der Waals surface area (Å²) in [6, 6.07) is -2.16. The van der Waals surface area contributed by atoms with E-state index < -0.39 is 24.1 Å². The summed E-state index contributed by atoms with van der Waals surface area (Å²) < 4.78 is 40.3. The van der Waals surface area contributed by atoms with Crippen molar-refractivity contribution in [2.45, 2.75) is 26.1 Å². The fraction of sp³-hybridized carbons (Fsp3) is 0.857. The van der Waals surface area contributed by atoms with Gasteiger partial charge >= 0.3 is 12.1 Å². The Labute approximate surface area is 74.0 Å². The van der Waals surface area contributed by atoms with Crippen LogP contribution in [0.1, 0.15) is 13.8 Å². The quantitative estimate of drug-likeness (QED) is 0.692. The summed E-state index contributed by atoms with van der Waals surface area (Å²) in [7, 11) is 0. The predicted octanol–water partition coefficient (Wildman–Crippen LogP) is 1.08. The van der Waals surface area contributed by atoms with Gasteiger partial charge in [-0.25, -0.2) is 0 Å². The van der Waals surface area contributed by atoms with E-state index in [9.17, 15) is 18.0 Å². The average Bonchev–Trinajstić information content (AvgIpc) is 2.00. The Bertz CT molecular complexity index is 181. The third kappa shape index (κ3) is 3.63. The number of ether oxygens (including phenoxy) is 1. The molecule has 0 bridgehead atoms. The first-order valence-corrected chi connectivity index (χ1v) is 3.79. The lowest BCUT2D eigenvalue weighted by molar-refractivity contribution is -0.174. The number of carbonyl (C=O) groups is 1. The molecule has 0 aromatic heterocycles. The van der Waals surface area contributed by atoms with E-state index in [0.29, 0.717) is 0 Å². The van der Waals surface area contributed by atoms with Crippen molar-refractivity contribution in [1.29, 1.82) is 0 Å². The summed E-state index contributed by atoms with van der Waals surface area (Å²) in [5.41, 5.74) is 4.80. The largest absolute Gasteiger partial charge is 0.466 e. The molecule has 0 unspecified atom stereocenters. The lowest BCUT2D eigenvalue weighted by atomic mass is 10.0. The van der Waals surface area contributed by atoms with Crippen molar-refractivity contribution in [3.05, 3.63) is 0 Å². The first-order valence-electron chi connectivity index (χ1n) is 3.79. The average molecular weight is 199 g/mol. The van der Waals surface area contributed by atoms with Gasteiger partial charge in [-0.1, -0.05) is 6.92 Å². The molecule has 78 valence electrons. The Balaban J connectivity index is 4.25. The zero-order valence-corrected chi connectivity index (χ0v) is 7.39. The molecule has 0 fully saturated rings. The molecular formula is C7H12F3NO2. The Morgan fingerprint density at radius 3 is 2.31 bits per heavy atom. The number of hydrogen-bond acceptors (Lipinski definition) is 3. The molecular weight excluding hydrogens is 187 g/mol. The van der Waals surface area contributed by atoms with E-state index in [0.717, 1.165) is 6.92 Å². The predicted molar refractivity (Wildman–Crippen MR) is 39.8 cm³/mol. The lowest BCUT2D eigenvalue weighted by Gasteiger charge is -2.20. The Morgan fingerprint density at radius 1 is 1.54 bits per heavy atom. The molecule has 0 saturated heterocycles. The zero-order chi connectivity index (χ0) is 10.6. The van der Waals surface area contributed by atoms with Gasteiger partial charge in [0.15, 0.2) is 0 Å². The molecule has 2 N–H and O–H groups in total. The van der Waals surface area contributed by atoms with Crippen molar-refractivity contribution in [2.24, 2.45) is 11.7 Å². The van der Waals surface area contributed by atoms with Crippen LogP contribution in [0.5, 0.6) is 0 Å². The highest BCUT2D eigenvalue weighted by molar-refractivity contribution is 5.72. The monoisotopic (exact) mass is 199 g/mol. The second kappa shape index (κ2) is 4.45. The van der Waals surface area contributed by atoms with E-state index in [1.807, 2.05) is 0 Å². The van der Waals surface area contributed by atoms with E-state index in [2.05, 4.69) is 4.74 Å². The number of alkyl halides is 3. The SMILES string of the molecule is CCOC(=O)[C@@H](C)[C@H](N)C(F)(F)F. The molecule has 0 aromatic carbocycles. The molecule has 6 heteroatoms. The van der Waals surface area contributed by atoms with Crippen LogP contribution in [0, 0.1) is 5.92 Å². The van der Waals surface area contributed by atoms with Gasteiger partial charge in [0.2, 0.25) is 0 Å². The number of rotatable bonds is 3. The first kappa shape index (κ1) is 12.2.